The summed E-state index contributed by atoms with van der Waals surface area (Å²) in [5, 5.41) is 0. The number of esters is 3. The van der Waals surface area contributed by atoms with Gasteiger partial charge in [-0.1, -0.05) is 222 Å². The number of rotatable bonds is 47. The van der Waals surface area contributed by atoms with Crippen molar-refractivity contribution in [3.8, 4) is 0 Å². The molecule has 0 spiro atoms. The first-order valence-electron chi connectivity index (χ1n) is 27.9. The summed E-state index contributed by atoms with van der Waals surface area (Å²) < 4.78 is 16.7. The van der Waals surface area contributed by atoms with Crippen molar-refractivity contribution in [2.75, 3.05) is 13.2 Å². The number of hydrogen-bond donors (Lipinski definition) is 0. The Morgan fingerprint density at radius 2 is 0.534 bits per heavy atom. The third-order valence-corrected chi connectivity index (χ3v) is 10.6. The maximum atomic E-state index is 12.8. The van der Waals surface area contributed by atoms with Crippen molar-refractivity contribution in [3.05, 3.63) is 194 Å². The summed E-state index contributed by atoms with van der Waals surface area (Å²) >= 11 is 0. The predicted molar refractivity (Wildman–Crippen MR) is 315 cm³/mol. The van der Waals surface area contributed by atoms with E-state index in [1.54, 1.807) is 0 Å². The molecular formula is C67H98O6. The molecule has 0 amide bonds. The van der Waals surface area contributed by atoms with Gasteiger partial charge in [-0.15, -0.1) is 0 Å². The maximum Gasteiger partial charge on any atom is 0.306 e. The van der Waals surface area contributed by atoms with Gasteiger partial charge in [0.15, 0.2) is 6.10 Å². The summed E-state index contributed by atoms with van der Waals surface area (Å²) in [5.74, 6) is -1.14. The van der Waals surface area contributed by atoms with Crippen molar-refractivity contribution in [3.63, 3.8) is 0 Å². The molecule has 0 radical (unpaired) electrons. The molecule has 0 aliphatic carbocycles. The lowest BCUT2D eigenvalue weighted by Gasteiger charge is -2.18. The second kappa shape index (κ2) is 58.8. The highest BCUT2D eigenvalue weighted by Gasteiger charge is 2.19. The first kappa shape index (κ1) is 67.2. The van der Waals surface area contributed by atoms with E-state index in [-0.39, 0.29) is 50.4 Å². The quantitative estimate of drug-likeness (QED) is 0.0262. The molecule has 0 aromatic heterocycles. The Kier molecular flexibility index (Phi) is 54.2. The monoisotopic (exact) mass is 999 g/mol. The van der Waals surface area contributed by atoms with Crippen molar-refractivity contribution in [1.82, 2.24) is 0 Å². The second-order valence-electron chi connectivity index (χ2n) is 17.3. The van der Waals surface area contributed by atoms with Gasteiger partial charge in [0.2, 0.25) is 0 Å². The molecule has 0 saturated heterocycles. The Bertz CT molecular complexity index is 1810. The van der Waals surface area contributed by atoms with Gasteiger partial charge in [0.1, 0.15) is 13.2 Å². The highest BCUT2D eigenvalue weighted by molar-refractivity contribution is 5.71. The lowest BCUT2D eigenvalue weighted by atomic mass is 10.1. The van der Waals surface area contributed by atoms with Crippen molar-refractivity contribution in [2.24, 2.45) is 0 Å². The number of unbranched alkanes of at least 4 members (excludes halogenated alkanes) is 4. The number of ether oxygens (including phenoxy) is 3. The minimum atomic E-state index is -0.861. The molecule has 0 N–H and O–H groups in total. The van der Waals surface area contributed by atoms with Gasteiger partial charge in [0, 0.05) is 19.3 Å². The summed E-state index contributed by atoms with van der Waals surface area (Å²) in [4.78, 5) is 38.1. The van der Waals surface area contributed by atoms with E-state index in [0.717, 1.165) is 128 Å². The normalized spacial score (nSPS) is 13.6. The number of allylic oxidation sites excluding steroid dienone is 32. The van der Waals surface area contributed by atoms with Crippen LogP contribution in [-0.2, 0) is 28.6 Å². The van der Waals surface area contributed by atoms with E-state index in [1.165, 1.54) is 0 Å². The highest BCUT2D eigenvalue weighted by Crippen LogP contribution is 2.10. The third kappa shape index (κ3) is 57.0. The molecule has 0 aliphatic heterocycles. The third-order valence-electron chi connectivity index (χ3n) is 10.6. The topological polar surface area (TPSA) is 78.9 Å². The minimum Gasteiger partial charge on any atom is -0.462 e. The summed E-state index contributed by atoms with van der Waals surface area (Å²) in [5.41, 5.74) is 0. The summed E-state index contributed by atoms with van der Waals surface area (Å²) in [6, 6.07) is 0. The molecular weight excluding hydrogens is 901 g/mol. The van der Waals surface area contributed by atoms with Crippen LogP contribution in [0.2, 0.25) is 0 Å². The van der Waals surface area contributed by atoms with Crippen molar-refractivity contribution in [2.45, 2.75) is 194 Å². The van der Waals surface area contributed by atoms with E-state index in [9.17, 15) is 14.4 Å². The van der Waals surface area contributed by atoms with Crippen LogP contribution in [0, 0.1) is 0 Å². The van der Waals surface area contributed by atoms with Crippen LogP contribution in [0.4, 0.5) is 0 Å². The molecule has 6 nitrogen and oxygen atoms in total. The molecule has 0 fully saturated rings. The molecule has 0 heterocycles. The SMILES string of the molecule is CC/C=C\C/C=C\C/C=C\C/C=C\C/C=C\C/C=C\C/C=C\CCCC(=O)OCC(COC(=O)CC/C=C\C/C=C\C/C=C\C/C=C\CC)OC(=O)CCCCC/C=C\C/C=C\C/C=C\C/C=C\C/C=C\CC. The average molecular weight is 1000 g/mol. The molecule has 0 saturated carbocycles. The van der Waals surface area contributed by atoms with Gasteiger partial charge >= 0.3 is 17.9 Å². The fourth-order valence-electron chi connectivity index (χ4n) is 6.53. The van der Waals surface area contributed by atoms with Crippen LogP contribution in [0.25, 0.3) is 0 Å². The molecule has 0 aliphatic rings. The Hall–Kier alpha value is -5.75. The second-order valence-corrected chi connectivity index (χ2v) is 17.3. The lowest BCUT2D eigenvalue weighted by molar-refractivity contribution is -0.166. The van der Waals surface area contributed by atoms with Crippen LogP contribution in [0.5, 0.6) is 0 Å². The summed E-state index contributed by atoms with van der Waals surface area (Å²) in [6.45, 7) is 6.12. The molecule has 0 bridgehead atoms. The van der Waals surface area contributed by atoms with E-state index in [2.05, 4.69) is 203 Å². The number of carbonyl (C=O) groups excluding carboxylic acids is 3. The minimum absolute atomic E-state index is 0.155. The van der Waals surface area contributed by atoms with Gasteiger partial charge in [-0.05, 0) is 141 Å². The predicted octanol–water partition coefficient (Wildman–Crippen LogP) is 19.1. The van der Waals surface area contributed by atoms with E-state index >= 15 is 0 Å². The lowest BCUT2D eigenvalue weighted by Crippen LogP contribution is -2.30. The fourth-order valence-corrected chi connectivity index (χ4v) is 6.53. The fraction of sp³-hybridized carbons (Fsp3) is 0.478. The first-order valence-corrected chi connectivity index (χ1v) is 27.9. The van der Waals surface area contributed by atoms with Crippen LogP contribution in [0.1, 0.15) is 188 Å². The zero-order valence-electron chi connectivity index (χ0n) is 45.8. The Labute approximate surface area is 446 Å². The molecule has 6 heteroatoms. The van der Waals surface area contributed by atoms with Crippen molar-refractivity contribution >= 4 is 17.9 Å². The Morgan fingerprint density at radius 1 is 0.274 bits per heavy atom. The van der Waals surface area contributed by atoms with E-state index in [0.29, 0.717) is 19.3 Å². The zero-order chi connectivity index (χ0) is 52.9. The standard InChI is InChI=1S/C67H98O6/c1-4-7-10-13-16-19-22-25-27-29-31-32-33-34-36-37-39-42-45-48-51-54-57-60-66(69)72-63-64(62-71-65(68)59-56-53-50-47-44-41-24-21-18-15-12-9-6-3)73-67(70)61-58-55-52-49-46-43-40-38-35-30-28-26-23-20-17-14-11-8-5-2/h7-12,16-21,25-28,31-32,34-36,38-39,41-44,46,48,50-51,53,64H,4-6,13-15,22-24,29-30,33,37,40,45,47,49,52,54-63H2,1-3H3/b10-7-,11-8-,12-9-,19-16-,20-17-,21-18-,27-25-,28-26-,32-31-,36-34-,38-35-,42-39-,44-41-,46-43-,51-48-,53-50-. The summed E-state index contributed by atoms with van der Waals surface area (Å²) in [7, 11) is 0. The van der Waals surface area contributed by atoms with Crippen molar-refractivity contribution in [1.29, 1.82) is 0 Å². The van der Waals surface area contributed by atoms with E-state index in [4.69, 9.17) is 14.2 Å². The van der Waals surface area contributed by atoms with Crippen LogP contribution < -0.4 is 0 Å². The van der Waals surface area contributed by atoms with Gasteiger partial charge in [0.25, 0.3) is 0 Å². The van der Waals surface area contributed by atoms with Gasteiger partial charge in [-0.2, -0.15) is 0 Å². The largest absolute Gasteiger partial charge is 0.462 e. The molecule has 0 aromatic carbocycles. The molecule has 402 valence electrons. The highest BCUT2D eigenvalue weighted by atomic mass is 16.6. The molecule has 73 heavy (non-hydrogen) atoms. The number of carbonyl (C=O) groups is 3. The maximum absolute atomic E-state index is 12.8. The zero-order valence-corrected chi connectivity index (χ0v) is 45.8. The van der Waals surface area contributed by atoms with Crippen LogP contribution in [-0.4, -0.2) is 37.2 Å². The van der Waals surface area contributed by atoms with Crippen LogP contribution >= 0.6 is 0 Å². The van der Waals surface area contributed by atoms with Crippen molar-refractivity contribution < 1.29 is 28.6 Å². The first-order chi connectivity index (χ1) is 36.0. The number of hydrogen-bond acceptors (Lipinski definition) is 6. The molecule has 0 rings (SSSR count). The average Bonchev–Trinajstić information content (AvgIpc) is 3.39. The molecule has 1 unspecified atom stereocenters. The van der Waals surface area contributed by atoms with Gasteiger partial charge < -0.3 is 14.2 Å². The molecule has 0 aromatic rings. The summed E-state index contributed by atoms with van der Waals surface area (Å²) in [6.07, 6.45) is 90.1. The Morgan fingerprint density at radius 3 is 0.863 bits per heavy atom. The van der Waals surface area contributed by atoms with Crippen LogP contribution in [0.15, 0.2) is 194 Å². The van der Waals surface area contributed by atoms with E-state index < -0.39 is 6.10 Å². The van der Waals surface area contributed by atoms with E-state index in [1.807, 2.05) is 12.2 Å². The van der Waals surface area contributed by atoms with Gasteiger partial charge in [-0.3, -0.25) is 14.4 Å². The van der Waals surface area contributed by atoms with Crippen LogP contribution in [0.3, 0.4) is 0 Å². The smallest absolute Gasteiger partial charge is 0.306 e. The Balaban J connectivity index is 4.64. The molecule has 1 atom stereocenters. The van der Waals surface area contributed by atoms with Gasteiger partial charge in [-0.25, -0.2) is 0 Å². The van der Waals surface area contributed by atoms with Gasteiger partial charge in [0.05, 0.1) is 0 Å².